The summed E-state index contributed by atoms with van der Waals surface area (Å²) in [7, 11) is 0. The van der Waals surface area contributed by atoms with E-state index in [9.17, 15) is 15.0 Å². The van der Waals surface area contributed by atoms with Crippen LogP contribution in [-0.4, -0.2) is 34.5 Å². The lowest BCUT2D eigenvalue weighted by atomic mass is 10.0. The summed E-state index contributed by atoms with van der Waals surface area (Å²) in [4.78, 5) is 11.4. The van der Waals surface area contributed by atoms with Crippen molar-refractivity contribution >= 4 is 5.97 Å². The summed E-state index contributed by atoms with van der Waals surface area (Å²) >= 11 is 0. The molecule has 4 atom stereocenters. The van der Waals surface area contributed by atoms with Gasteiger partial charge < -0.3 is 14.9 Å². The molecule has 0 saturated heterocycles. The highest BCUT2D eigenvalue weighted by Crippen LogP contribution is 2.30. The van der Waals surface area contributed by atoms with Crippen LogP contribution >= 0.6 is 0 Å². The Morgan fingerprint density at radius 3 is 2.75 bits per heavy atom. The fourth-order valence-electron chi connectivity index (χ4n) is 2.57. The molecule has 1 aliphatic carbocycles. The van der Waals surface area contributed by atoms with Crippen LogP contribution in [0.1, 0.15) is 58.8 Å². The molecule has 0 radical (unpaired) electrons. The van der Waals surface area contributed by atoms with Gasteiger partial charge in [0, 0.05) is 18.8 Å². The fraction of sp³-hybridized carbons (Fsp3) is 0.812. The summed E-state index contributed by atoms with van der Waals surface area (Å²) in [6, 6.07) is 0. The van der Waals surface area contributed by atoms with Gasteiger partial charge in [-0.15, -0.1) is 0 Å². The van der Waals surface area contributed by atoms with E-state index >= 15 is 0 Å². The highest BCUT2D eigenvalue weighted by Gasteiger charge is 2.34. The van der Waals surface area contributed by atoms with Gasteiger partial charge in [-0.25, -0.2) is 0 Å². The van der Waals surface area contributed by atoms with Gasteiger partial charge in [0.05, 0.1) is 12.2 Å². The lowest BCUT2D eigenvalue weighted by Gasteiger charge is -2.17. The van der Waals surface area contributed by atoms with Crippen molar-refractivity contribution in [3.05, 3.63) is 12.2 Å². The third-order valence-corrected chi connectivity index (χ3v) is 3.78. The van der Waals surface area contributed by atoms with Crippen molar-refractivity contribution in [2.75, 3.05) is 0 Å². The van der Waals surface area contributed by atoms with Crippen LogP contribution in [0.15, 0.2) is 12.2 Å². The van der Waals surface area contributed by atoms with E-state index in [4.69, 9.17) is 4.74 Å². The lowest BCUT2D eigenvalue weighted by Crippen LogP contribution is -2.21. The van der Waals surface area contributed by atoms with Crippen LogP contribution in [0.3, 0.4) is 0 Å². The first-order valence-corrected chi connectivity index (χ1v) is 7.80. The molecule has 0 spiro atoms. The number of esters is 1. The average Bonchev–Trinajstić information content (AvgIpc) is 2.76. The molecule has 4 nitrogen and oxygen atoms in total. The number of aliphatic hydroxyl groups excluding tert-OH is 2. The van der Waals surface area contributed by atoms with E-state index in [1.807, 2.05) is 6.08 Å². The first-order valence-electron chi connectivity index (χ1n) is 7.80. The van der Waals surface area contributed by atoms with Gasteiger partial charge in [-0.3, -0.25) is 4.79 Å². The molecule has 0 aromatic rings. The Bertz CT molecular complexity index is 314. The second-order valence-electron chi connectivity index (χ2n) is 5.62. The van der Waals surface area contributed by atoms with Crippen molar-refractivity contribution in [2.45, 2.75) is 77.1 Å². The zero-order chi connectivity index (χ0) is 15.0. The van der Waals surface area contributed by atoms with E-state index in [-0.39, 0.29) is 18.0 Å². The standard InChI is InChI=1S/C16H28O4/c1-3-5-6-7-13(17)9-8-12-10-14(18)11-15(12)20-16(19)4-2/h8-9,12-15,17-18H,3-7,10-11H2,1-2H3. The van der Waals surface area contributed by atoms with Crippen molar-refractivity contribution in [1.29, 1.82) is 0 Å². The fourth-order valence-corrected chi connectivity index (χ4v) is 2.57. The minimum absolute atomic E-state index is 0.0151. The normalized spacial score (nSPS) is 27.9. The van der Waals surface area contributed by atoms with Crippen LogP contribution in [0.2, 0.25) is 0 Å². The molecule has 4 unspecified atom stereocenters. The maximum Gasteiger partial charge on any atom is 0.305 e. The topological polar surface area (TPSA) is 66.8 Å². The first-order chi connectivity index (χ1) is 9.56. The van der Waals surface area contributed by atoms with E-state index in [2.05, 4.69) is 6.92 Å². The average molecular weight is 284 g/mol. The van der Waals surface area contributed by atoms with Crippen LogP contribution in [-0.2, 0) is 9.53 Å². The Balaban J connectivity index is 2.44. The Kier molecular flexibility index (Phi) is 7.85. The largest absolute Gasteiger partial charge is 0.462 e. The van der Waals surface area contributed by atoms with Crippen LogP contribution in [0.4, 0.5) is 0 Å². The number of hydrogen-bond acceptors (Lipinski definition) is 4. The molecule has 20 heavy (non-hydrogen) atoms. The third kappa shape index (κ3) is 6.06. The quantitative estimate of drug-likeness (QED) is 0.408. The molecule has 1 aliphatic rings. The molecular formula is C16H28O4. The van der Waals surface area contributed by atoms with Crippen LogP contribution in [0, 0.1) is 5.92 Å². The number of aliphatic hydroxyl groups is 2. The third-order valence-electron chi connectivity index (χ3n) is 3.78. The summed E-state index contributed by atoms with van der Waals surface area (Å²) in [5.74, 6) is -0.215. The van der Waals surface area contributed by atoms with Crippen molar-refractivity contribution in [3.8, 4) is 0 Å². The summed E-state index contributed by atoms with van der Waals surface area (Å²) in [6.45, 7) is 3.89. The second-order valence-corrected chi connectivity index (χ2v) is 5.62. The first kappa shape index (κ1) is 17.2. The molecule has 0 aliphatic heterocycles. The molecule has 116 valence electrons. The Hall–Kier alpha value is -0.870. The van der Waals surface area contributed by atoms with E-state index < -0.39 is 12.2 Å². The van der Waals surface area contributed by atoms with E-state index in [1.165, 1.54) is 0 Å². The molecule has 1 fully saturated rings. The molecule has 0 bridgehead atoms. The molecule has 0 heterocycles. The van der Waals surface area contributed by atoms with Crippen molar-refractivity contribution in [3.63, 3.8) is 0 Å². The van der Waals surface area contributed by atoms with E-state index in [0.717, 1.165) is 25.7 Å². The minimum atomic E-state index is -0.443. The molecule has 0 aromatic heterocycles. The zero-order valence-electron chi connectivity index (χ0n) is 12.6. The van der Waals surface area contributed by atoms with Gasteiger partial charge in [0.2, 0.25) is 0 Å². The van der Waals surface area contributed by atoms with E-state index in [0.29, 0.717) is 19.3 Å². The maximum absolute atomic E-state index is 11.4. The second kappa shape index (κ2) is 9.14. The highest BCUT2D eigenvalue weighted by atomic mass is 16.5. The molecule has 4 heteroatoms. The molecule has 1 saturated carbocycles. The molecule has 0 aromatic carbocycles. The molecule has 2 N–H and O–H groups in total. The van der Waals surface area contributed by atoms with Crippen molar-refractivity contribution in [2.24, 2.45) is 5.92 Å². The van der Waals surface area contributed by atoms with Gasteiger partial charge in [-0.2, -0.15) is 0 Å². The minimum Gasteiger partial charge on any atom is -0.462 e. The Morgan fingerprint density at radius 1 is 1.35 bits per heavy atom. The SMILES string of the molecule is CCCCCC(O)C=CC1CC(O)CC1OC(=O)CC. The summed E-state index contributed by atoms with van der Waals surface area (Å²) in [5.41, 5.74) is 0. The summed E-state index contributed by atoms with van der Waals surface area (Å²) in [6.07, 6.45) is 8.06. The van der Waals surface area contributed by atoms with Gasteiger partial charge >= 0.3 is 5.97 Å². The van der Waals surface area contributed by atoms with Gasteiger partial charge in [0.25, 0.3) is 0 Å². The molecule has 1 rings (SSSR count). The smallest absolute Gasteiger partial charge is 0.305 e. The predicted octanol–water partition coefficient (Wildman–Crippen LogP) is 2.58. The van der Waals surface area contributed by atoms with Crippen LogP contribution in [0.5, 0.6) is 0 Å². The number of carbonyl (C=O) groups excluding carboxylic acids is 1. The van der Waals surface area contributed by atoms with Crippen molar-refractivity contribution < 1.29 is 19.7 Å². The maximum atomic E-state index is 11.4. The number of rotatable bonds is 8. The van der Waals surface area contributed by atoms with Crippen molar-refractivity contribution in [1.82, 2.24) is 0 Å². The van der Waals surface area contributed by atoms with Gasteiger partial charge in [0.15, 0.2) is 0 Å². The zero-order valence-corrected chi connectivity index (χ0v) is 12.6. The lowest BCUT2D eigenvalue weighted by molar-refractivity contribution is -0.149. The number of unbranched alkanes of at least 4 members (excludes halogenated alkanes) is 2. The molecule has 0 amide bonds. The Morgan fingerprint density at radius 2 is 2.10 bits per heavy atom. The molecular weight excluding hydrogens is 256 g/mol. The number of carbonyl (C=O) groups is 1. The number of hydrogen-bond donors (Lipinski definition) is 2. The monoisotopic (exact) mass is 284 g/mol. The summed E-state index contributed by atoms with van der Waals surface area (Å²) in [5, 5.41) is 19.6. The van der Waals surface area contributed by atoms with Gasteiger partial charge in [-0.05, 0) is 12.8 Å². The summed E-state index contributed by atoms with van der Waals surface area (Å²) < 4.78 is 5.34. The van der Waals surface area contributed by atoms with E-state index in [1.54, 1.807) is 13.0 Å². The Labute approximate surface area is 121 Å². The predicted molar refractivity (Wildman–Crippen MR) is 78.2 cm³/mol. The van der Waals surface area contributed by atoms with Gasteiger partial charge in [-0.1, -0.05) is 45.3 Å². The number of ether oxygens (including phenoxy) is 1. The van der Waals surface area contributed by atoms with Gasteiger partial charge in [0.1, 0.15) is 6.10 Å². The van der Waals surface area contributed by atoms with Crippen LogP contribution < -0.4 is 0 Å². The highest BCUT2D eigenvalue weighted by molar-refractivity contribution is 5.69. The van der Waals surface area contributed by atoms with Crippen LogP contribution in [0.25, 0.3) is 0 Å².